The van der Waals surface area contributed by atoms with Crippen molar-refractivity contribution in [3.05, 3.63) is 58.6 Å². The van der Waals surface area contributed by atoms with E-state index >= 15 is 0 Å². The highest BCUT2D eigenvalue weighted by atomic mass is 32.2. The van der Waals surface area contributed by atoms with Crippen LogP contribution in [0.3, 0.4) is 0 Å². The maximum Gasteiger partial charge on any atom is 0.251 e. The Kier molecular flexibility index (Phi) is 4.35. The van der Waals surface area contributed by atoms with Gasteiger partial charge in [0.25, 0.3) is 5.91 Å². The number of carbonyl (C=O) groups is 1. The lowest BCUT2D eigenvalue weighted by atomic mass is 10.2. The van der Waals surface area contributed by atoms with E-state index in [2.05, 4.69) is 10.3 Å². The van der Waals surface area contributed by atoms with Crippen LogP contribution < -0.4 is 10.5 Å². The van der Waals surface area contributed by atoms with Gasteiger partial charge in [0, 0.05) is 12.1 Å². The minimum absolute atomic E-state index is 0.0450. The molecule has 0 saturated carbocycles. The van der Waals surface area contributed by atoms with Crippen molar-refractivity contribution in [2.75, 3.05) is 0 Å². The number of thiazole rings is 1. The summed E-state index contributed by atoms with van der Waals surface area (Å²) in [6, 6.07) is 11.5. The molecule has 0 bridgehead atoms. The van der Waals surface area contributed by atoms with E-state index in [9.17, 15) is 13.2 Å². The molecule has 0 saturated heterocycles. The predicted octanol–water partition coefficient (Wildman–Crippen LogP) is 2.18. The van der Waals surface area contributed by atoms with E-state index < -0.39 is 10.0 Å². The first-order chi connectivity index (χ1) is 11.3. The van der Waals surface area contributed by atoms with Crippen LogP contribution in [0.1, 0.15) is 20.9 Å². The third kappa shape index (κ3) is 3.61. The van der Waals surface area contributed by atoms with Crippen molar-refractivity contribution in [2.24, 2.45) is 5.14 Å². The van der Waals surface area contributed by atoms with Gasteiger partial charge in [-0.15, -0.1) is 11.3 Å². The Morgan fingerprint density at radius 3 is 2.58 bits per heavy atom. The summed E-state index contributed by atoms with van der Waals surface area (Å²) in [6.07, 6.45) is 0. The van der Waals surface area contributed by atoms with Crippen molar-refractivity contribution in [3.8, 4) is 0 Å². The number of aryl methyl sites for hydroxylation is 1. The summed E-state index contributed by atoms with van der Waals surface area (Å²) < 4.78 is 23.4. The number of fused-ring (bicyclic) bond motifs is 1. The molecular formula is C16H15N3O3S2. The molecule has 3 aromatic rings. The van der Waals surface area contributed by atoms with Crippen LogP contribution in [0.15, 0.2) is 47.4 Å². The summed E-state index contributed by atoms with van der Waals surface area (Å²) in [7, 11) is -3.70. The fraction of sp³-hybridized carbons (Fsp3) is 0.125. The third-order valence-electron chi connectivity index (χ3n) is 3.46. The average Bonchev–Trinajstić information content (AvgIpc) is 2.91. The highest BCUT2D eigenvalue weighted by molar-refractivity contribution is 7.89. The van der Waals surface area contributed by atoms with Gasteiger partial charge < -0.3 is 5.32 Å². The molecule has 0 aliphatic heterocycles. The minimum Gasteiger partial charge on any atom is -0.348 e. The lowest BCUT2D eigenvalue weighted by molar-refractivity contribution is 0.0951. The molecule has 1 amide bonds. The molecule has 0 spiro atoms. The van der Waals surface area contributed by atoms with Crippen LogP contribution in [-0.2, 0) is 16.6 Å². The fourth-order valence-electron chi connectivity index (χ4n) is 2.26. The maximum absolute atomic E-state index is 12.3. The van der Waals surface area contributed by atoms with Gasteiger partial charge in [-0.3, -0.25) is 4.79 Å². The lowest BCUT2D eigenvalue weighted by Gasteiger charge is -2.06. The highest BCUT2D eigenvalue weighted by Crippen LogP contribution is 2.22. The van der Waals surface area contributed by atoms with E-state index in [1.165, 1.54) is 12.1 Å². The Bertz CT molecular complexity index is 1010. The zero-order chi connectivity index (χ0) is 17.3. The van der Waals surface area contributed by atoms with E-state index in [0.29, 0.717) is 12.1 Å². The molecule has 124 valence electrons. The van der Waals surface area contributed by atoms with E-state index in [0.717, 1.165) is 20.8 Å². The molecule has 0 fully saturated rings. The first-order valence-electron chi connectivity index (χ1n) is 7.10. The van der Waals surface area contributed by atoms with Crippen LogP contribution in [0.5, 0.6) is 0 Å². The molecule has 3 N–H and O–H groups in total. The van der Waals surface area contributed by atoms with Crippen molar-refractivity contribution in [3.63, 3.8) is 0 Å². The maximum atomic E-state index is 12.3. The number of nitrogens with zero attached hydrogens (tertiary/aromatic N) is 1. The average molecular weight is 361 g/mol. The van der Waals surface area contributed by atoms with Crippen LogP contribution in [-0.4, -0.2) is 19.3 Å². The number of hydrogen-bond acceptors (Lipinski definition) is 5. The summed E-state index contributed by atoms with van der Waals surface area (Å²) in [6.45, 7) is 2.22. The lowest BCUT2D eigenvalue weighted by Crippen LogP contribution is -2.22. The summed E-state index contributed by atoms with van der Waals surface area (Å²) in [5.41, 5.74) is 2.23. The number of hydrogen-bond donors (Lipinski definition) is 2. The third-order valence-corrected chi connectivity index (χ3v) is 5.33. The van der Waals surface area contributed by atoms with Gasteiger partial charge in [-0.05, 0) is 42.8 Å². The highest BCUT2D eigenvalue weighted by Gasteiger charge is 2.10. The van der Waals surface area contributed by atoms with Gasteiger partial charge in [-0.1, -0.05) is 12.1 Å². The minimum atomic E-state index is -3.70. The molecule has 3 rings (SSSR count). The topological polar surface area (TPSA) is 102 Å². The Balaban J connectivity index is 1.70. The zero-order valence-corrected chi connectivity index (χ0v) is 14.4. The number of rotatable bonds is 4. The van der Waals surface area contributed by atoms with Crippen LogP contribution in [0.25, 0.3) is 10.2 Å². The van der Waals surface area contributed by atoms with Gasteiger partial charge >= 0.3 is 0 Å². The van der Waals surface area contributed by atoms with Crippen LogP contribution >= 0.6 is 11.3 Å². The number of aromatic nitrogens is 1. The number of benzene rings is 2. The van der Waals surface area contributed by atoms with Crippen LogP contribution in [0, 0.1) is 6.92 Å². The fourth-order valence-corrected chi connectivity index (χ4v) is 3.64. The zero-order valence-electron chi connectivity index (χ0n) is 12.8. The van der Waals surface area contributed by atoms with Gasteiger partial charge in [0.15, 0.2) is 0 Å². The monoisotopic (exact) mass is 361 g/mol. The first-order valence-corrected chi connectivity index (χ1v) is 9.46. The van der Waals surface area contributed by atoms with Crippen molar-refractivity contribution in [1.82, 2.24) is 10.3 Å². The molecule has 2 aromatic carbocycles. The van der Waals surface area contributed by atoms with Gasteiger partial charge in [0.05, 0.1) is 20.1 Å². The standard InChI is InChI=1S/C16H15N3O3S2/c1-10-19-14-7-4-12(8-15(14)23-10)16(20)18-9-11-2-5-13(6-3-11)24(17,21)22/h2-8H,9H2,1H3,(H,18,20)(H2,17,21,22). The summed E-state index contributed by atoms with van der Waals surface area (Å²) >= 11 is 1.54. The molecule has 0 aliphatic carbocycles. The van der Waals surface area contributed by atoms with Crippen molar-refractivity contribution < 1.29 is 13.2 Å². The van der Waals surface area contributed by atoms with E-state index in [1.54, 1.807) is 29.5 Å². The molecule has 0 atom stereocenters. The smallest absolute Gasteiger partial charge is 0.251 e. The molecule has 6 nitrogen and oxygen atoms in total. The summed E-state index contributed by atoms with van der Waals surface area (Å²) in [5.74, 6) is -0.196. The predicted molar refractivity (Wildman–Crippen MR) is 93.3 cm³/mol. The van der Waals surface area contributed by atoms with Crippen LogP contribution in [0.2, 0.25) is 0 Å². The summed E-state index contributed by atoms with van der Waals surface area (Å²) in [4.78, 5) is 16.7. The van der Waals surface area contributed by atoms with E-state index in [1.807, 2.05) is 19.1 Å². The number of amides is 1. The van der Waals surface area contributed by atoms with Crippen molar-refractivity contribution in [2.45, 2.75) is 18.4 Å². The Labute approximate surface area is 143 Å². The molecule has 24 heavy (non-hydrogen) atoms. The molecule has 8 heteroatoms. The molecule has 1 aromatic heterocycles. The second kappa shape index (κ2) is 6.31. The Morgan fingerprint density at radius 2 is 1.92 bits per heavy atom. The van der Waals surface area contributed by atoms with E-state index in [4.69, 9.17) is 5.14 Å². The van der Waals surface area contributed by atoms with Crippen molar-refractivity contribution >= 4 is 37.5 Å². The van der Waals surface area contributed by atoms with Gasteiger partial charge in [-0.2, -0.15) is 0 Å². The Hall–Kier alpha value is -2.29. The second-order valence-electron chi connectivity index (χ2n) is 5.29. The number of primary sulfonamides is 1. The van der Waals surface area contributed by atoms with Crippen molar-refractivity contribution in [1.29, 1.82) is 0 Å². The van der Waals surface area contributed by atoms with E-state index in [-0.39, 0.29) is 10.8 Å². The van der Waals surface area contributed by atoms with Gasteiger partial charge in [0.2, 0.25) is 10.0 Å². The molecule has 1 heterocycles. The van der Waals surface area contributed by atoms with Crippen LogP contribution in [0.4, 0.5) is 0 Å². The second-order valence-corrected chi connectivity index (χ2v) is 8.08. The number of sulfonamides is 1. The summed E-state index contributed by atoms with van der Waals surface area (Å²) in [5, 5.41) is 8.82. The SMILES string of the molecule is Cc1nc2ccc(C(=O)NCc3ccc(S(N)(=O)=O)cc3)cc2s1. The Morgan fingerprint density at radius 1 is 1.21 bits per heavy atom. The van der Waals surface area contributed by atoms with Gasteiger partial charge in [0.1, 0.15) is 0 Å². The normalized spacial score (nSPS) is 11.6. The largest absolute Gasteiger partial charge is 0.348 e. The van der Waals surface area contributed by atoms with Gasteiger partial charge in [-0.25, -0.2) is 18.5 Å². The first kappa shape index (κ1) is 16.6. The number of carbonyl (C=O) groups excluding carboxylic acids is 1. The molecular weight excluding hydrogens is 346 g/mol. The number of nitrogens with one attached hydrogen (secondary N) is 1. The number of nitrogens with two attached hydrogens (primary N) is 1. The molecule has 0 unspecified atom stereocenters. The quantitative estimate of drug-likeness (QED) is 0.743. The molecule has 0 radical (unpaired) electrons. The molecule has 0 aliphatic rings.